The van der Waals surface area contributed by atoms with Gasteiger partial charge in [0.2, 0.25) is 5.91 Å². The van der Waals surface area contributed by atoms with E-state index < -0.39 is 0 Å². The van der Waals surface area contributed by atoms with Crippen molar-refractivity contribution in [3.05, 3.63) is 54.4 Å². The number of nitrogens with one attached hydrogen (secondary N) is 1. The maximum atomic E-state index is 12.0. The number of hydrogen-bond donors (Lipinski definition) is 2. The molecule has 1 heterocycles. The molecule has 1 atom stereocenters. The smallest absolute Gasteiger partial charge is 0.220 e. The third-order valence-electron chi connectivity index (χ3n) is 4.14. The maximum Gasteiger partial charge on any atom is 0.220 e. The quantitative estimate of drug-likeness (QED) is 0.688. The molecule has 0 fully saturated rings. The zero-order valence-electron chi connectivity index (χ0n) is 14.4. The molecule has 1 unspecified atom stereocenters. The summed E-state index contributed by atoms with van der Waals surface area (Å²) >= 11 is 0. The normalized spacial score (nSPS) is 11.9. The molecule has 0 radical (unpaired) electrons. The summed E-state index contributed by atoms with van der Waals surface area (Å²) in [6.07, 6.45) is 8.35. The lowest BCUT2D eigenvalue weighted by molar-refractivity contribution is -0.121. The minimum Gasteiger partial charge on any atom is -0.350 e. The third-order valence-corrected chi connectivity index (χ3v) is 4.14. The first-order valence-corrected chi connectivity index (χ1v) is 8.70. The summed E-state index contributed by atoms with van der Waals surface area (Å²) in [5.74, 6) is 0.117. The van der Waals surface area contributed by atoms with Gasteiger partial charge in [-0.05, 0) is 49.1 Å². The second kappa shape index (κ2) is 9.83. The van der Waals surface area contributed by atoms with Crippen LogP contribution in [0.4, 0.5) is 0 Å². The van der Waals surface area contributed by atoms with Gasteiger partial charge in [-0.3, -0.25) is 9.78 Å². The van der Waals surface area contributed by atoms with E-state index in [1.807, 2.05) is 25.3 Å². The summed E-state index contributed by atoms with van der Waals surface area (Å²) in [5, 5.41) is 3.07. The molecule has 4 nitrogen and oxygen atoms in total. The Balaban J connectivity index is 1.82. The molecule has 2 aromatic rings. The predicted molar refractivity (Wildman–Crippen MR) is 98.4 cm³/mol. The van der Waals surface area contributed by atoms with Crippen LogP contribution in [0.15, 0.2) is 48.8 Å². The molecule has 0 spiro atoms. The molecule has 1 aromatic carbocycles. The van der Waals surface area contributed by atoms with Crippen molar-refractivity contribution in [1.82, 2.24) is 10.3 Å². The summed E-state index contributed by atoms with van der Waals surface area (Å²) in [4.78, 5) is 16.1. The molecule has 1 aromatic heterocycles. The molecule has 3 N–H and O–H groups in total. The highest BCUT2D eigenvalue weighted by Gasteiger charge is 2.09. The van der Waals surface area contributed by atoms with Crippen LogP contribution >= 0.6 is 0 Å². The molecule has 128 valence electrons. The molecular formula is C20H27N3O. The lowest BCUT2D eigenvalue weighted by atomic mass is 10.0. The summed E-state index contributed by atoms with van der Waals surface area (Å²) in [7, 11) is 0. The standard InChI is InChI=1S/C20H27N3O/c1-16(23-20(24)8-4-2-3-5-13-21)17-9-11-18(12-10-17)19-7-6-14-22-15-19/h6-7,9-12,14-16H,2-5,8,13,21H2,1H3,(H,23,24). The second-order valence-corrected chi connectivity index (χ2v) is 6.11. The average Bonchev–Trinajstić information content (AvgIpc) is 2.62. The zero-order valence-corrected chi connectivity index (χ0v) is 14.4. The number of rotatable bonds is 9. The first kappa shape index (κ1) is 18.1. The number of aromatic nitrogens is 1. The van der Waals surface area contributed by atoms with E-state index in [1.165, 1.54) is 0 Å². The van der Waals surface area contributed by atoms with E-state index in [0.717, 1.165) is 48.9 Å². The first-order valence-electron chi connectivity index (χ1n) is 8.70. The molecule has 0 aliphatic heterocycles. The van der Waals surface area contributed by atoms with Gasteiger partial charge in [-0.15, -0.1) is 0 Å². The topological polar surface area (TPSA) is 68.0 Å². The molecule has 1 amide bonds. The molecule has 24 heavy (non-hydrogen) atoms. The molecule has 2 rings (SSSR count). The van der Waals surface area contributed by atoms with Crippen LogP contribution in [0, 0.1) is 0 Å². The van der Waals surface area contributed by atoms with Gasteiger partial charge in [0.15, 0.2) is 0 Å². The number of unbranched alkanes of at least 4 members (excludes halogenated alkanes) is 3. The Hall–Kier alpha value is -2.20. The molecular weight excluding hydrogens is 298 g/mol. The molecule has 0 bridgehead atoms. The molecule has 0 saturated carbocycles. The summed E-state index contributed by atoms with van der Waals surface area (Å²) in [6.45, 7) is 2.75. The monoisotopic (exact) mass is 325 g/mol. The van der Waals surface area contributed by atoms with Gasteiger partial charge in [-0.1, -0.05) is 43.2 Å². The van der Waals surface area contributed by atoms with Gasteiger partial charge in [0.05, 0.1) is 6.04 Å². The van der Waals surface area contributed by atoms with Crippen molar-refractivity contribution in [2.45, 2.75) is 45.1 Å². The van der Waals surface area contributed by atoms with Crippen LogP contribution in [0.5, 0.6) is 0 Å². The van der Waals surface area contributed by atoms with E-state index in [2.05, 4.69) is 34.6 Å². The van der Waals surface area contributed by atoms with Gasteiger partial charge >= 0.3 is 0 Å². The molecule has 0 aliphatic rings. The Morgan fingerprint density at radius 2 is 1.83 bits per heavy atom. The van der Waals surface area contributed by atoms with Crippen LogP contribution in [0.1, 0.15) is 50.6 Å². The number of hydrogen-bond acceptors (Lipinski definition) is 3. The Morgan fingerprint density at radius 3 is 2.50 bits per heavy atom. The number of carbonyl (C=O) groups is 1. The van der Waals surface area contributed by atoms with Crippen LogP contribution in [-0.2, 0) is 4.79 Å². The predicted octanol–water partition coefficient (Wildman–Crippen LogP) is 3.84. The highest BCUT2D eigenvalue weighted by atomic mass is 16.1. The lowest BCUT2D eigenvalue weighted by Gasteiger charge is -2.15. The highest BCUT2D eigenvalue weighted by molar-refractivity contribution is 5.76. The van der Waals surface area contributed by atoms with Gasteiger partial charge in [0, 0.05) is 18.8 Å². The Bertz CT molecular complexity index is 611. The van der Waals surface area contributed by atoms with Gasteiger partial charge in [0.1, 0.15) is 0 Å². The minimum atomic E-state index is 0.0180. The van der Waals surface area contributed by atoms with Gasteiger partial charge < -0.3 is 11.1 Å². The zero-order chi connectivity index (χ0) is 17.2. The number of benzene rings is 1. The molecule has 0 aliphatic carbocycles. The van der Waals surface area contributed by atoms with Crippen molar-refractivity contribution < 1.29 is 4.79 Å². The fraction of sp³-hybridized carbons (Fsp3) is 0.400. The van der Waals surface area contributed by atoms with Crippen LogP contribution in [0.3, 0.4) is 0 Å². The van der Waals surface area contributed by atoms with Crippen LogP contribution in [0.2, 0.25) is 0 Å². The summed E-state index contributed by atoms with van der Waals surface area (Å²) < 4.78 is 0. The van der Waals surface area contributed by atoms with Gasteiger partial charge in [0.25, 0.3) is 0 Å². The largest absolute Gasteiger partial charge is 0.350 e. The Morgan fingerprint density at radius 1 is 1.08 bits per heavy atom. The fourth-order valence-electron chi connectivity index (χ4n) is 2.68. The SMILES string of the molecule is CC(NC(=O)CCCCCCN)c1ccc(-c2cccnc2)cc1. The van der Waals surface area contributed by atoms with E-state index in [0.29, 0.717) is 6.42 Å². The number of amides is 1. The van der Waals surface area contributed by atoms with E-state index >= 15 is 0 Å². The van der Waals surface area contributed by atoms with Crippen LogP contribution in [0.25, 0.3) is 11.1 Å². The number of nitrogens with two attached hydrogens (primary N) is 1. The van der Waals surface area contributed by atoms with Crippen molar-refractivity contribution >= 4 is 5.91 Å². The van der Waals surface area contributed by atoms with Crippen molar-refractivity contribution in [2.75, 3.05) is 6.54 Å². The summed E-state index contributed by atoms with van der Waals surface area (Å²) in [6, 6.07) is 12.3. The second-order valence-electron chi connectivity index (χ2n) is 6.11. The molecule has 0 saturated heterocycles. The first-order chi connectivity index (χ1) is 11.7. The van der Waals surface area contributed by atoms with Crippen molar-refractivity contribution in [3.63, 3.8) is 0 Å². The number of nitrogens with zero attached hydrogens (tertiary/aromatic N) is 1. The van der Waals surface area contributed by atoms with Crippen molar-refractivity contribution in [3.8, 4) is 11.1 Å². The average molecular weight is 325 g/mol. The van der Waals surface area contributed by atoms with E-state index in [-0.39, 0.29) is 11.9 Å². The van der Waals surface area contributed by atoms with E-state index in [9.17, 15) is 4.79 Å². The van der Waals surface area contributed by atoms with E-state index in [4.69, 9.17) is 5.73 Å². The minimum absolute atomic E-state index is 0.0180. The lowest BCUT2D eigenvalue weighted by Crippen LogP contribution is -2.26. The van der Waals surface area contributed by atoms with Crippen LogP contribution in [-0.4, -0.2) is 17.4 Å². The third kappa shape index (κ3) is 5.78. The maximum absolute atomic E-state index is 12.0. The van der Waals surface area contributed by atoms with Crippen molar-refractivity contribution in [1.29, 1.82) is 0 Å². The Labute approximate surface area is 144 Å². The number of carbonyl (C=O) groups excluding carboxylic acids is 1. The highest BCUT2D eigenvalue weighted by Crippen LogP contribution is 2.21. The van der Waals surface area contributed by atoms with Crippen molar-refractivity contribution in [2.24, 2.45) is 5.73 Å². The fourth-order valence-corrected chi connectivity index (χ4v) is 2.68. The van der Waals surface area contributed by atoms with Gasteiger partial charge in [-0.2, -0.15) is 0 Å². The number of pyridine rings is 1. The Kier molecular flexibility index (Phi) is 7.43. The summed E-state index contributed by atoms with van der Waals surface area (Å²) in [5.41, 5.74) is 8.80. The van der Waals surface area contributed by atoms with Gasteiger partial charge in [-0.25, -0.2) is 0 Å². The van der Waals surface area contributed by atoms with Crippen LogP contribution < -0.4 is 11.1 Å². The molecule has 4 heteroatoms. The van der Waals surface area contributed by atoms with E-state index in [1.54, 1.807) is 6.20 Å².